The van der Waals surface area contributed by atoms with E-state index >= 15 is 0 Å². The number of nitrogens with one attached hydrogen (secondary N) is 3. The van der Waals surface area contributed by atoms with Crippen molar-refractivity contribution < 1.29 is 23.9 Å². The maximum atomic E-state index is 13.3. The average Bonchev–Trinajstić information content (AvgIpc) is 3.66. The number of rotatable bonds is 6. The van der Waals surface area contributed by atoms with Gasteiger partial charge in [0, 0.05) is 30.5 Å². The van der Waals surface area contributed by atoms with E-state index < -0.39 is 12.1 Å². The molecule has 224 valence electrons. The summed E-state index contributed by atoms with van der Waals surface area (Å²) in [6, 6.07) is 8.75. The van der Waals surface area contributed by atoms with Gasteiger partial charge in [0.2, 0.25) is 11.8 Å². The Morgan fingerprint density at radius 2 is 1.71 bits per heavy atom. The van der Waals surface area contributed by atoms with Crippen molar-refractivity contribution in [3.05, 3.63) is 68.1 Å². The van der Waals surface area contributed by atoms with E-state index in [-0.39, 0.29) is 67.2 Å². The first kappa shape index (κ1) is 31.3. The molecule has 2 aromatic heterocycles. The third kappa shape index (κ3) is 8.43. The summed E-state index contributed by atoms with van der Waals surface area (Å²) in [6.07, 6.45) is 0.887. The Balaban J connectivity index is 1.65. The summed E-state index contributed by atoms with van der Waals surface area (Å²) in [7, 11) is 0. The molecule has 3 aromatic rings. The smallest absolute Gasteiger partial charge is 0.271 e. The zero-order valence-corrected chi connectivity index (χ0v) is 25.6. The van der Waals surface area contributed by atoms with Crippen molar-refractivity contribution in [3.8, 4) is 0 Å². The normalized spacial score (nSPS) is 18.9. The second-order valence-electron chi connectivity index (χ2n) is 10.2. The van der Waals surface area contributed by atoms with Crippen molar-refractivity contribution in [2.45, 2.75) is 45.7 Å². The van der Waals surface area contributed by atoms with Crippen molar-refractivity contribution in [2.75, 3.05) is 32.8 Å². The van der Waals surface area contributed by atoms with Gasteiger partial charge in [-0.3, -0.25) is 19.2 Å². The van der Waals surface area contributed by atoms with Crippen molar-refractivity contribution in [3.63, 3.8) is 0 Å². The third-order valence-corrected chi connectivity index (χ3v) is 8.54. The molecule has 13 heteroatoms. The Hall–Kier alpha value is -3.68. The molecule has 0 saturated heterocycles. The molecular formula is C29H36N6O5S2. The van der Waals surface area contributed by atoms with E-state index in [1.165, 1.54) is 27.6 Å². The lowest BCUT2D eigenvalue weighted by molar-refractivity contribution is -0.140. The number of benzene rings is 1. The molecule has 1 aromatic carbocycles. The highest BCUT2D eigenvalue weighted by molar-refractivity contribution is 7.10. The van der Waals surface area contributed by atoms with Crippen molar-refractivity contribution >= 4 is 46.3 Å². The lowest BCUT2D eigenvalue weighted by atomic mass is 10.0. The van der Waals surface area contributed by atoms with Gasteiger partial charge in [0.05, 0.1) is 18.6 Å². The summed E-state index contributed by atoms with van der Waals surface area (Å²) in [5.74, 6) is -1.39. The summed E-state index contributed by atoms with van der Waals surface area (Å²) in [6.45, 7) is 6.31. The Morgan fingerprint density at radius 1 is 1.02 bits per heavy atom. The van der Waals surface area contributed by atoms with Gasteiger partial charge < -0.3 is 25.6 Å². The van der Waals surface area contributed by atoms with Crippen LogP contribution in [0, 0.1) is 5.92 Å². The van der Waals surface area contributed by atoms with Crippen LogP contribution in [0.1, 0.15) is 75.8 Å². The predicted octanol–water partition coefficient (Wildman–Crippen LogP) is 3.13. The van der Waals surface area contributed by atoms with Gasteiger partial charge in [0.15, 0.2) is 0 Å². The molecule has 0 saturated carbocycles. The maximum absolute atomic E-state index is 13.3. The number of hydrogen-bond acceptors (Lipinski definition) is 9. The van der Waals surface area contributed by atoms with E-state index in [2.05, 4.69) is 25.9 Å². The van der Waals surface area contributed by atoms with E-state index in [1.54, 1.807) is 17.7 Å². The molecule has 0 unspecified atom stereocenters. The standard InChI is InChI=1S/C29H36N6O5S2/c1-4-40-15-24(37)35-12-8-11-30-26(38)21-16-42-29(33-21)25(18(2)3)34-27(39)22-17-41-28(32-22)20(31-23(36)14-35)13-19-9-6-5-7-10-19/h5-7,9-10,16-18,20,25H,4,8,11-15H2,1-3H3,(H,30,38)(H,31,36)(H,34,39)/t20-,25-/m0/s1. The molecule has 3 N–H and O–H groups in total. The molecule has 4 rings (SSSR count). The quantitative estimate of drug-likeness (QED) is 0.388. The highest BCUT2D eigenvalue weighted by atomic mass is 32.1. The minimum absolute atomic E-state index is 0.00792. The SMILES string of the molecule is CCOCC(=O)N1CCCNC(=O)c2csc(n2)[C@H](C(C)C)NC(=O)c2csc(n2)[C@H](Cc2ccccc2)NC(=O)C1. The molecule has 4 amide bonds. The number of ether oxygens (including phenoxy) is 1. The first-order chi connectivity index (χ1) is 20.2. The molecule has 3 heterocycles. The Labute approximate surface area is 253 Å². The van der Waals surface area contributed by atoms with Crippen LogP contribution in [0.3, 0.4) is 0 Å². The Kier molecular flexibility index (Phi) is 11.2. The van der Waals surface area contributed by atoms with Crippen molar-refractivity contribution in [2.24, 2.45) is 5.92 Å². The lowest BCUT2D eigenvalue weighted by Crippen LogP contribution is -2.44. The molecule has 2 atom stereocenters. The Morgan fingerprint density at radius 3 is 2.43 bits per heavy atom. The van der Waals surface area contributed by atoms with Crippen LogP contribution >= 0.6 is 22.7 Å². The van der Waals surface area contributed by atoms with E-state index in [0.29, 0.717) is 29.5 Å². The van der Waals surface area contributed by atoms with E-state index in [1.807, 2.05) is 44.2 Å². The summed E-state index contributed by atoms with van der Waals surface area (Å²) in [5.41, 5.74) is 1.48. The van der Waals surface area contributed by atoms with Gasteiger partial charge in [-0.25, -0.2) is 9.97 Å². The summed E-state index contributed by atoms with van der Waals surface area (Å²) in [4.78, 5) is 62.8. The highest BCUT2D eigenvalue weighted by Crippen LogP contribution is 2.27. The van der Waals surface area contributed by atoms with Gasteiger partial charge in [-0.1, -0.05) is 44.2 Å². The minimum Gasteiger partial charge on any atom is -0.372 e. The lowest BCUT2D eigenvalue weighted by Gasteiger charge is -2.24. The van der Waals surface area contributed by atoms with E-state index in [9.17, 15) is 19.2 Å². The summed E-state index contributed by atoms with van der Waals surface area (Å²) in [5, 5.41) is 13.4. The van der Waals surface area contributed by atoms with Crippen LogP contribution in [0.5, 0.6) is 0 Å². The molecule has 1 aliphatic rings. The highest BCUT2D eigenvalue weighted by Gasteiger charge is 2.27. The number of carbonyl (C=O) groups is 4. The minimum atomic E-state index is -0.515. The van der Waals surface area contributed by atoms with Crippen LogP contribution in [0.15, 0.2) is 41.1 Å². The molecule has 0 aliphatic carbocycles. The van der Waals surface area contributed by atoms with Crippen LogP contribution in [-0.4, -0.2) is 71.3 Å². The van der Waals surface area contributed by atoms with Gasteiger partial charge in [-0.2, -0.15) is 0 Å². The third-order valence-electron chi connectivity index (χ3n) is 6.65. The second-order valence-corrected chi connectivity index (χ2v) is 12.0. The largest absolute Gasteiger partial charge is 0.372 e. The Bertz CT molecular complexity index is 1380. The zero-order chi connectivity index (χ0) is 30.1. The van der Waals surface area contributed by atoms with Crippen molar-refractivity contribution in [1.29, 1.82) is 0 Å². The molecule has 11 nitrogen and oxygen atoms in total. The fourth-order valence-corrected chi connectivity index (χ4v) is 6.28. The second kappa shape index (κ2) is 15.0. The first-order valence-corrected chi connectivity index (χ1v) is 15.7. The van der Waals surface area contributed by atoms with Crippen LogP contribution in [-0.2, 0) is 20.7 Å². The molecular weight excluding hydrogens is 576 g/mol. The number of thiazole rings is 2. The fourth-order valence-electron chi connectivity index (χ4n) is 4.41. The fraction of sp³-hybridized carbons (Fsp3) is 0.448. The van der Waals surface area contributed by atoms with E-state index in [4.69, 9.17) is 4.74 Å². The van der Waals surface area contributed by atoms with E-state index in [0.717, 1.165) is 5.56 Å². The predicted molar refractivity (Wildman–Crippen MR) is 160 cm³/mol. The van der Waals surface area contributed by atoms with Crippen LogP contribution in [0.4, 0.5) is 0 Å². The molecule has 4 bridgehead atoms. The van der Waals surface area contributed by atoms with Crippen LogP contribution in [0.2, 0.25) is 0 Å². The zero-order valence-electron chi connectivity index (χ0n) is 23.9. The first-order valence-electron chi connectivity index (χ1n) is 13.9. The van der Waals surface area contributed by atoms with Gasteiger partial charge in [0.25, 0.3) is 11.8 Å². The number of nitrogens with zero attached hydrogens (tertiary/aromatic N) is 3. The topological polar surface area (TPSA) is 143 Å². The summed E-state index contributed by atoms with van der Waals surface area (Å²) < 4.78 is 5.30. The number of carbonyl (C=O) groups excluding carboxylic acids is 4. The number of fused-ring (bicyclic) bond motifs is 4. The maximum Gasteiger partial charge on any atom is 0.271 e. The molecule has 1 aliphatic heterocycles. The monoisotopic (exact) mass is 612 g/mol. The molecule has 42 heavy (non-hydrogen) atoms. The average molecular weight is 613 g/mol. The molecule has 0 fully saturated rings. The van der Waals surface area contributed by atoms with Crippen molar-refractivity contribution in [1.82, 2.24) is 30.8 Å². The van der Waals surface area contributed by atoms with Gasteiger partial charge in [-0.05, 0) is 31.2 Å². The number of aromatic nitrogens is 2. The number of hydrogen-bond donors (Lipinski definition) is 3. The van der Waals surface area contributed by atoms with Gasteiger partial charge in [-0.15, -0.1) is 22.7 Å². The van der Waals surface area contributed by atoms with Gasteiger partial charge in [0.1, 0.15) is 28.0 Å². The molecule has 0 radical (unpaired) electrons. The van der Waals surface area contributed by atoms with Crippen LogP contribution < -0.4 is 16.0 Å². The summed E-state index contributed by atoms with van der Waals surface area (Å²) >= 11 is 2.60. The van der Waals surface area contributed by atoms with Crippen LogP contribution in [0.25, 0.3) is 0 Å². The number of amides is 4. The van der Waals surface area contributed by atoms with Gasteiger partial charge >= 0.3 is 0 Å². The molecule has 0 spiro atoms.